The highest BCUT2D eigenvalue weighted by atomic mass is 16.5. The minimum atomic E-state index is -0.271. The maximum absolute atomic E-state index is 12.7. The zero-order valence-electron chi connectivity index (χ0n) is 15.6. The fourth-order valence-electron chi connectivity index (χ4n) is 4.01. The summed E-state index contributed by atoms with van der Waals surface area (Å²) >= 11 is 0. The first-order valence-corrected chi connectivity index (χ1v) is 9.52. The first-order chi connectivity index (χ1) is 14.2. The van der Waals surface area contributed by atoms with E-state index in [2.05, 4.69) is 21.7 Å². The molecule has 5 rings (SSSR count). The maximum atomic E-state index is 12.7. The van der Waals surface area contributed by atoms with Crippen LogP contribution in [0.3, 0.4) is 0 Å². The molecular weight excluding hydrogens is 366 g/mol. The van der Waals surface area contributed by atoms with Crippen LogP contribution in [0.15, 0.2) is 60.7 Å². The van der Waals surface area contributed by atoms with Gasteiger partial charge >= 0.3 is 0 Å². The van der Waals surface area contributed by atoms with Crippen molar-refractivity contribution in [3.05, 3.63) is 66.4 Å². The number of carbonyl (C=O) groups is 1. The van der Waals surface area contributed by atoms with Crippen molar-refractivity contribution >= 4 is 5.91 Å². The number of amides is 1. The molecule has 1 aliphatic carbocycles. The number of hydrogen-bond acceptors (Lipinski definition) is 5. The third kappa shape index (κ3) is 3.19. The Labute approximate surface area is 167 Å². The molecule has 2 aliphatic rings. The largest absolute Gasteiger partial charge is 0.457 e. The maximum Gasteiger partial charge on any atom is 0.269 e. The molecule has 7 nitrogen and oxygen atoms in total. The van der Waals surface area contributed by atoms with Crippen LogP contribution in [0.4, 0.5) is 0 Å². The zero-order valence-corrected chi connectivity index (χ0v) is 15.6. The van der Waals surface area contributed by atoms with Crippen LogP contribution in [0.1, 0.15) is 16.9 Å². The Bertz CT molecular complexity index is 1100. The van der Waals surface area contributed by atoms with E-state index in [9.17, 15) is 4.79 Å². The van der Waals surface area contributed by atoms with E-state index in [1.807, 2.05) is 54.6 Å². The topological polar surface area (TPSA) is 94.0 Å². The van der Waals surface area contributed by atoms with Crippen LogP contribution in [0, 0.1) is 17.4 Å². The molecule has 3 aromatic rings. The number of piperidine rings is 1. The van der Waals surface area contributed by atoms with Gasteiger partial charge in [-0.05, 0) is 36.8 Å². The van der Waals surface area contributed by atoms with Gasteiger partial charge in [0, 0.05) is 18.0 Å². The highest BCUT2D eigenvalue weighted by Crippen LogP contribution is 2.49. The summed E-state index contributed by atoms with van der Waals surface area (Å²) in [6, 6.07) is 18.9. The van der Waals surface area contributed by atoms with Crippen LogP contribution >= 0.6 is 0 Å². The predicted molar refractivity (Wildman–Crippen MR) is 106 cm³/mol. The Hall–Kier alpha value is -3.79. The molecule has 29 heavy (non-hydrogen) atoms. The number of aromatic amines is 1. The number of benzene rings is 2. The summed E-state index contributed by atoms with van der Waals surface area (Å²) in [6.07, 6.45) is 3.08. The fraction of sp³-hybridized carbons (Fsp3) is 0.227. The average Bonchev–Trinajstić information content (AvgIpc) is 3.10. The Morgan fingerprint density at radius 1 is 1.24 bits per heavy atom. The lowest BCUT2D eigenvalue weighted by Crippen LogP contribution is -2.41. The summed E-state index contributed by atoms with van der Waals surface area (Å²) in [7, 11) is 0. The number of nitrogens with one attached hydrogen (secondary N) is 2. The first-order valence-electron chi connectivity index (χ1n) is 9.52. The number of nitriles is 1. The molecule has 2 heterocycles. The predicted octanol–water partition coefficient (Wildman–Crippen LogP) is 3.15. The van der Waals surface area contributed by atoms with Gasteiger partial charge in [-0.2, -0.15) is 10.4 Å². The molecule has 1 aliphatic heterocycles. The van der Waals surface area contributed by atoms with Crippen molar-refractivity contribution in [2.75, 3.05) is 13.1 Å². The first kappa shape index (κ1) is 17.3. The molecule has 1 saturated carbocycles. The molecule has 2 atom stereocenters. The summed E-state index contributed by atoms with van der Waals surface area (Å²) in [5.74, 6) is 1.55. The lowest BCUT2D eigenvalue weighted by molar-refractivity contribution is 0.0924. The standard InChI is InChI=1S/C22H19N5O2/c23-14-27-12-15-11-22(15,13-27)24-21(28)19-10-18(25-26-19)17-8-4-5-9-20(17)29-16-6-2-1-3-7-16/h1-10,15H,11-13H2,(H,24,28)(H,25,26)/t15?,22-/m1/s1. The third-order valence-electron chi connectivity index (χ3n) is 5.61. The van der Waals surface area contributed by atoms with Gasteiger partial charge in [0.25, 0.3) is 5.91 Å². The molecule has 1 amide bonds. The second-order valence-corrected chi connectivity index (χ2v) is 7.57. The summed E-state index contributed by atoms with van der Waals surface area (Å²) in [6.45, 7) is 1.30. The van der Waals surface area contributed by atoms with Crippen molar-refractivity contribution in [2.24, 2.45) is 5.92 Å². The Morgan fingerprint density at radius 3 is 2.83 bits per heavy atom. The summed E-state index contributed by atoms with van der Waals surface area (Å²) in [5, 5.41) is 19.3. The molecule has 2 N–H and O–H groups in total. The number of hydrogen-bond donors (Lipinski definition) is 2. The van der Waals surface area contributed by atoms with Crippen LogP contribution < -0.4 is 10.1 Å². The number of nitrogens with zero attached hydrogens (tertiary/aromatic N) is 3. The molecule has 0 bridgehead atoms. The van der Waals surface area contributed by atoms with Gasteiger partial charge in [-0.1, -0.05) is 30.3 Å². The normalized spacial score (nSPS) is 21.9. The number of para-hydroxylation sites is 2. The van der Waals surface area contributed by atoms with Gasteiger partial charge in [0.05, 0.1) is 17.8 Å². The van der Waals surface area contributed by atoms with Gasteiger partial charge < -0.3 is 15.0 Å². The fourth-order valence-corrected chi connectivity index (χ4v) is 4.01. The molecule has 7 heteroatoms. The monoisotopic (exact) mass is 385 g/mol. The van der Waals surface area contributed by atoms with E-state index in [-0.39, 0.29) is 11.4 Å². The number of fused-ring (bicyclic) bond motifs is 1. The van der Waals surface area contributed by atoms with Crippen LogP contribution in [0.25, 0.3) is 11.3 Å². The van der Waals surface area contributed by atoms with E-state index in [1.54, 1.807) is 11.0 Å². The van der Waals surface area contributed by atoms with Crippen LogP contribution in [-0.4, -0.2) is 39.6 Å². The molecule has 0 radical (unpaired) electrons. The van der Waals surface area contributed by atoms with E-state index in [0.29, 0.717) is 29.6 Å². The average molecular weight is 385 g/mol. The van der Waals surface area contributed by atoms with Gasteiger partial charge in [0.15, 0.2) is 6.19 Å². The minimum Gasteiger partial charge on any atom is -0.457 e. The Morgan fingerprint density at radius 2 is 2.03 bits per heavy atom. The molecule has 1 unspecified atom stereocenters. The van der Waals surface area contributed by atoms with Crippen molar-refractivity contribution in [2.45, 2.75) is 12.0 Å². The smallest absolute Gasteiger partial charge is 0.269 e. The number of likely N-dealkylation sites (tertiary alicyclic amines) is 1. The minimum absolute atomic E-state index is 0.201. The Kier molecular flexibility index (Phi) is 3.98. The van der Waals surface area contributed by atoms with Crippen molar-refractivity contribution < 1.29 is 9.53 Å². The highest BCUT2D eigenvalue weighted by Gasteiger charge is 2.61. The number of aromatic nitrogens is 2. The van der Waals surface area contributed by atoms with Gasteiger partial charge in [-0.15, -0.1) is 0 Å². The van der Waals surface area contributed by atoms with Gasteiger partial charge in [0.1, 0.15) is 17.2 Å². The van der Waals surface area contributed by atoms with Crippen molar-refractivity contribution in [3.8, 4) is 28.9 Å². The number of carbonyl (C=O) groups excluding carboxylic acids is 1. The molecule has 2 fully saturated rings. The van der Waals surface area contributed by atoms with Crippen LogP contribution in [-0.2, 0) is 0 Å². The molecule has 144 valence electrons. The van der Waals surface area contributed by atoms with Crippen molar-refractivity contribution in [1.29, 1.82) is 5.26 Å². The van der Waals surface area contributed by atoms with E-state index in [1.165, 1.54) is 0 Å². The van der Waals surface area contributed by atoms with E-state index < -0.39 is 0 Å². The molecule has 2 aromatic carbocycles. The van der Waals surface area contributed by atoms with Crippen molar-refractivity contribution in [3.63, 3.8) is 0 Å². The van der Waals surface area contributed by atoms with Crippen LogP contribution in [0.5, 0.6) is 11.5 Å². The molecule has 1 saturated heterocycles. The third-order valence-corrected chi connectivity index (χ3v) is 5.61. The van der Waals surface area contributed by atoms with E-state index >= 15 is 0 Å². The van der Waals surface area contributed by atoms with Gasteiger partial charge in [-0.3, -0.25) is 9.89 Å². The van der Waals surface area contributed by atoms with Gasteiger partial charge in [-0.25, -0.2) is 0 Å². The second-order valence-electron chi connectivity index (χ2n) is 7.57. The van der Waals surface area contributed by atoms with Gasteiger partial charge in [0.2, 0.25) is 0 Å². The lowest BCUT2D eigenvalue weighted by Gasteiger charge is -2.16. The number of rotatable bonds is 5. The molecule has 1 aromatic heterocycles. The SMILES string of the molecule is N#CN1CC2C[C@@]2(NC(=O)c2cc(-c3ccccc3Oc3ccccc3)n[nH]2)C1. The number of H-pyrrole nitrogens is 1. The Balaban J connectivity index is 1.35. The lowest BCUT2D eigenvalue weighted by atomic mass is 10.1. The van der Waals surface area contributed by atoms with Crippen LogP contribution in [0.2, 0.25) is 0 Å². The molecular formula is C22H19N5O2. The molecule has 0 spiro atoms. The van der Waals surface area contributed by atoms with E-state index in [0.717, 1.165) is 24.3 Å². The van der Waals surface area contributed by atoms with E-state index in [4.69, 9.17) is 10.00 Å². The summed E-state index contributed by atoms with van der Waals surface area (Å²) < 4.78 is 6.00. The zero-order chi connectivity index (χ0) is 19.8. The summed E-state index contributed by atoms with van der Waals surface area (Å²) in [5.41, 5.74) is 1.55. The summed E-state index contributed by atoms with van der Waals surface area (Å²) in [4.78, 5) is 14.4. The number of ether oxygens (including phenoxy) is 1. The highest BCUT2D eigenvalue weighted by molar-refractivity contribution is 5.94. The van der Waals surface area contributed by atoms with Crippen molar-refractivity contribution in [1.82, 2.24) is 20.4 Å². The quantitative estimate of drug-likeness (QED) is 0.658. The second kappa shape index (κ2) is 6.67.